The number of carbonyl (C=O) groups excluding carboxylic acids is 1. The zero-order chi connectivity index (χ0) is 21.7. The van der Waals surface area contributed by atoms with E-state index in [1.807, 2.05) is 13.0 Å². The van der Waals surface area contributed by atoms with Crippen LogP contribution in [0, 0.1) is 12.3 Å². The topological polar surface area (TPSA) is 41.1 Å². The Morgan fingerprint density at radius 3 is 2.24 bits per heavy atom. The van der Waals surface area contributed by atoms with Crippen LogP contribution >= 0.6 is 11.9 Å². The molecule has 0 aromatic heterocycles. The molecule has 0 spiro atoms. The largest absolute Gasteiger partial charge is 0.389 e. The predicted molar refractivity (Wildman–Crippen MR) is 110 cm³/mol. The van der Waals surface area contributed by atoms with E-state index in [1.165, 1.54) is 25.8 Å². The Morgan fingerprint density at radius 1 is 1.03 bits per heavy atom. The molecule has 0 unspecified atom stereocenters. The predicted octanol–water partition coefficient (Wildman–Crippen LogP) is 6.54. The summed E-state index contributed by atoms with van der Waals surface area (Å²) >= 11 is 1.24. The van der Waals surface area contributed by atoms with Crippen molar-refractivity contribution >= 4 is 29.2 Å². The number of aryl methyl sites for hydroxylation is 2. The minimum Gasteiger partial charge on any atom is -0.326 e. The third kappa shape index (κ3) is 7.27. The van der Waals surface area contributed by atoms with Gasteiger partial charge in [-0.2, -0.15) is 13.2 Å². The van der Waals surface area contributed by atoms with Crippen molar-refractivity contribution < 1.29 is 22.4 Å². The van der Waals surface area contributed by atoms with E-state index >= 15 is 0 Å². The first-order valence-corrected chi connectivity index (χ1v) is 9.88. The third-order valence-corrected chi connectivity index (χ3v) is 5.21. The molecule has 0 aliphatic heterocycles. The Bertz CT molecular complexity index is 836. The number of alkyl halides is 4. The molecule has 29 heavy (non-hydrogen) atoms. The number of hydrogen-bond acceptors (Lipinski definition) is 3. The van der Waals surface area contributed by atoms with Gasteiger partial charge >= 0.3 is 6.18 Å². The van der Waals surface area contributed by atoms with Gasteiger partial charge in [0.15, 0.2) is 0 Å². The molecule has 2 aromatic rings. The van der Waals surface area contributed by atoms with Crippen molar-refractivity contribution in [2.45, 2.75) is 44.7 Å². The van der Waals surface area contributed by atoms with Crippen LogP contribution in [0.25, 0.3) is 0 Å². The van der Waals surface area contributed by atoms with Crippen molar-refractivity contribution in [2.75, 3.05) is 16.7 Å². The fraction of sp³-hybridized carbons (Fsp3) is 0.381. The highest BCUT2D eigenvalue weighted by Crippen LogP contribution is 2.30. The number of rotatable bonds is 8. The summed E-state index contributed by atoms with van der Waals surface area (Å²) in [5, 5.41) is 2.66. The lowest BCUT2D eigenvalue weighted by atomic mass is 9.94. The molecule has 1 amide bonds. The molecule has 2 rings (SSSR count). The minimum atomic E-state index is -4.20. The molecular formula is C21H24F4N2OS. The molecule has 0 saturated carbocycles. The van der Waals surface area contributed by atoms with Crippen LogP contribution in [-0.2, 0) is 11.2 Å². The van der Waals surface area contributed by atoms with Gasteiger partial charge in [0.05, 0.1) is 5.41 Å². The summed E-state index contributed by atoms with van der Waals surface area (Å²) in [6.45, 7) is 4.16. The molecule has 2 aromatic carbocycles. The molecule has 0 bridgehead atoms. The first kappa shape index (κ1) is 23.1. The average Bonchev–Trinajstić information content (AvgIpc) is 2.66. The lowest BCUT2D eigenvalue weighted by molar-refractivity contribution is -0.134. The molecule has 0 aliphatic rings. The number of benzene rings is 2. The van der Waals surface area contributed by atoms with E-state index in [2.05, 4.69) is 10.0 Å². The number of carbonyl (C=O) groups is 1. The Morgan fingerprint density at radius 2 is 1.66 bits per heavy atom. The summed E-state index contributed by atoms with van der Waals surface area (Å²) in [5.74, 6) is -0.413. The molecule has 0 saturated heterocycles. The molecule has 158 valence electrons. The second-order valence-electron chi connectivity index (χ2n) is 7.48. The van der Waals surface area contributed by atoms with Crippen LogP contribution in [0.1, 0.15) is 31.4 Å². The normalized spacial score (nSPS) is 12.0. The van der Waals surface area contributed by atoms with E-state index in [0.29, 0.717) is 11.3 Å². The lowest BCUT2D eigenvalue weighted by Gasteiger charge is -2.19. The maximum atomic E-state index is 12.9. The molecule has 0 radical (unpaired) electrons. The summed E-state index contributed by atoms with van der Waals surface area (Å²) < 4.78 is 53.7. The van der Waals surface area contributed by atoms with E-state index in [9.17, 15) is 22.4 Å². The summed E-state index contributed by atoms with van der Waals surface area (Å²) in [6, 6.07) is 12.2. The van der Waals surface area contributed by atoms with Crippen molar-refractivity contribution in [3.8, 4) is 0 Å². The number of hydrogen-bond donors (Lipinski definition) is 2. The minimum absolute atomic E-state index is 0.0802. The van der Waals surface area contributed by atoms with Crippen molar-refractivity contribution in [3.63, 3.8) is 0 Å². The Kier molecular flexibility index (Phi) is 7.57. The van der Waals surface area contributed by atoms with Gasteiger partial charge in [-0.1, -0.05) is 12.1 Å². The van der Waals surface area contributed by atoms with Crippen LogP contribution < -0.4 is 10.0 Å². The highest BCUT2D eigenvalue weighted by atomic mass is 32.2. The van der Waals surface area contributed by atoms with Crippen molar-refractivity contribution in [3.05, 3.63) is 53.6 Å². The summed E-state index contributed by atoms with van der Waals surface area (Å²) in [6.07, 6.45) is -5.15. The first-order valence-electron chi connectivity index (χ1n) is 9.07. The van der Waals surface area contributed by atoms with Crippen molar-refractivity contribution in [2.24, 2.45) is 5.41 Å². The molecule has 2 N–H and O–H groups in total. The second kappa shape index (κ2) is 9.52. The molecule has 0 fully saturated rings. The van der Waals surface area contributed by atoms with Crippen LogP contribution in [0.15, 0.2) is 47.4 Å². The zero-order valence-corrected chi connectivity index (χ0v) is 17.3. The highest BCUT2D eigenvalue weighted by Gasteiger charge is 2.28. The quantitative estimate of drug-likeness (QED) is 0.370. The lowest BCUT2D eigenvalue weighted by Crippen LogP contribution is -2.32. The fourth-order valence-electron chi connectivity index (χ4n) is 2.34. The van der Waals surface area contributed by atoms with E-state index in [-0.39, 0.29) is 6.42 Å². The van der Waals surface area contributed by atoms with Crippen molar-refractivity contribution in [1.29, 1.82) is 0 Å². The molecule has 0 heterocycles. The summed E-state index contributed by atoms with van der Waals surface area (Å²) in [5.41, 5.74) is 1.74. The number of halogens is 4. The second-order valence-corrected chi connectivity index (χ2v) is 8.33. The summed E-state index contributed by atoms with van der Waals surface area (Å²) in [7, 11) is 0. The number of nitrogens with one attached hydrogen (secondary N) is 2. The Hall–Kier alpha value is -2.22. The van der Waals surface area contributed by atoms with Gasteiger partial charge in [0.25, 0.3) is 0 Å². The molecule has 3 nitrogen and oxygen atoms in total. The maximum absolute atomic E-state index is 12.9. The molecule has 8 heteroatoms. The SMILES string of the molecule is Cc1ccc(CCC(F)(F)F)c(SNc2ccc(NC(=O)C(C)(C)CF)cc2)c1. The van der Waals surface area contributed by atoms with E-state index in [4.69, 9.17) is 0 Å². The molecular weight excluding hydrogens is 404 g/mol. The van der Waals surface area contributed by atoms with Crippen LogP contribution in [0.2, 0.25) is 0 Å². The van der Waals surface area contributed by atoms with E-state index in [0.717, 1.165) is 16.1 Å². The van der Waals surface area contributed by atoms with Crippen LogP contribution in [0.4, 0.5) is 28.9 Å². The Balaban J connectivity index is 2.01. The van der Waals surface area contributed by atoms with Gasteiger partial charge < -0.3 is 10.0 Å². The van der Waals surface area contributed by atoms with Gasteiger partial charge in [-0.05, 0) is 80.6 Å². The Labute approximate surface area is 172 Å². The van der Waals surface area contributed by atoms with Gasteiger partial charge in [0.1, 0.15) is 6.67 Å². The maximum Gasteiger partial charge on any atom is 0.389 e. The third-order valence-electron chi connectivity index (χ3n) is 4.27. The number of amides is 1. The van der Waals surface area contributed by atoms with Gasteiger partial charge in [0.2, 0.25) is 5.91 Å². The van der Waals surface area contributed by atoms with Crippen LogP contribution in [0.5, 0.6) is 0 Å². The van der Waals surface area contributed by atoms with Gasteiger partial charge in [0, 0.05) is 22.7 Å². The fourth-order valence-corrected chi connectivity index (χ4v) is 3.25. The van der Waals surface area contributed by atoms with Gasteiger partial charge in [-0.15, -0.1) is 0 Å². The highest BCUT2D eigenvalue weighted by molar-refractivity contribution is 8.00. The number of anilines is 2. The van der Waals surface area contributed by atoms with Gasteiger partial charge in [-0.3, -0.25) is 4.79 Å². The average molecular weight is 428 g/mol. The smallest absolute Gasteiger partial charge is 0.326 e. The summed E-state index contributed by atoms with van der Waals surface area (Å²) in [4.78, 5) is 12.7. The van der Waals surface area contributed by atoms with Crippen LogP contribution in [0.3, 0.4) is 0 Å². The van der Waals surface area contributed by atoms with Gasteiger partial charge in [-0.25, -0.2) is 4.39 Å². The molecule has 0 aliphatic carbocycles. The monoisotopic (exact) mass is 428 g/mol. The molecule has 0 atom stereocenters. The van der Waals surface area contributed by atoms with Crippen molar-refractivity contribution in [1.82, 2.24) is 0 Å². The first-order chi connectivity index (χ1) is 13.5. The standard InChI is InChI=1S/C21H24F4N2OS/c1-14-4-5-15(10-11-21(23,24)25)18(12-14)29-27-17-8-6-16(7-9-17)26-19(28)20(2,3)13-22/h4-9,12,27H,10-11,13H2,1-3H3,(H,26,28). The zero-order valence-electron chi connectivity index (χ0n) is 16.5. The van der Waals surface area contributed by atoms with E-state index < -0.39 is 30.6 Å². The van der Waals surface area contributed by atoms with Crippen LogP contribution in [-0.4, -0.2) is 18.8 Å². The van der Waals surface area contributed by atoms with E-state index in [1.54, 1.807) is 36.4 Å².